The van der Waals surface area contributed by atoms with E-state index in [1.807, 2.05) is 13.8 Å². The molecule has 0 aliphatic carbocycles. The monoisotopic (exact) mass is 944 g/mol. The Bertz CT molecular complexity index is 1710. The second-order valence-corrected chi connectivity index (χ2v) is 17.7. The minimum atomic E-state index is -1.57. The Labute approximate surface area is 385 Å². The van der Waals surface area contributed by atoms with Gasteiger partial charge < -0.3 is 68.9 Å². The van der Waals surface area contributed by atoms with Crippen LogP contribution in [0.25, 0.3) is 0 Å². The predicted molar refractivity (Wildman–Crippen MR) is 237 cm³/mol. The first-order chi connectivity index (χ1) is 30.5. The van der Waals surface area contributed by atoms with Crippen molar-refractivity contribution in [1.82, 2.24) is 47.9 Å². The van der Waals surface area contributed by atoms with Gasteiger partial charge in [0.05, 0.1) is 25.6 Å². The van der Waals surface area contributed by atoms with Crippen molar-refractivity contribution in [2.75, 3.05) is 13.1 Å². The van der Waals surface area contributed by atoms with Gasteiger partial charge in [-0.05, 0) is 57.3 Å². The summed E-state index contributed by atoms with van der Waals surface area (Å²) in [6.07, 6.45) is -1.10. The summed E-state index contributed by atoms with van der Waals surface area (Å²) in [7, 11) is 0. The van der Waals surface area contributed by atoms with E-state index in [1.54, 1.807) is 41.5 Å². The van der Waals surface area contributed by atoms with Gasteiger partial charge in [0.1, 0.15) is 42.3 Å². The Hall–Kier alpha value is -5.91. The molecule has 0 bridgehead atoms. The first-order valence-corrected chi connectivity index (χ1v) is 22.1. The van der Waals surface area contributed by atoms with E-state index in [0.717, 1.165) is 0 Å². The van der Waals surface area contributed by atoms with Crippen molar-refractivity contribution in [2.24, 2.45) is 23.7 Å². The number of carboxylic acids is 2. The van der Waals surface area contributed by atoms with E-state index >= 15 is 0 Å². The average Bonchev–Trinajstić information content (AvgIpc) is 3.21. The highest BCUT2D eigenvalue weighted by atomic mass is 16.4. The van der Waals surface area contributed by atoms with Gasteiger partial charge in [0.25, 0.3) is 5.91 Å². The number of nitrogens with one attached hydrogen (secondary N) is 9. The molecule has 0 aromatic rings. The van der Waals surface area contributed by atoms with Gasteiger partial charge in [-0.1, -0.05) is 61.8 Å². The largest absolute Gasteiger partial charge is 0.481 e. The normalized spacial score (nSPS) is 15.8. The Morgan fingerprint density at radius 1 is 0.500 bits per heavy atom. The molecule has 376 valence electrons. The molecule has 0 spiro atoms. The predicted octanol–water partition coefficient (Wildman–Crippen LogP) is -3.61. The number of hydrogen-bond acceptors (Lipinski definition) is 12. The minimum absolute atomic E-state index is 0.0449. The van der Waals surface area contributed by atoms with Crippen LogP contribution >= 0.6 is 0 Å². The van der Waals surface area contributed by atoms with Crippen LogP contribution in [0.1, 0.15) is 108 Å². The van der Waals surface area contributed by atoms with Gasteiger partial charge in [0.2, 0.25) is 47.3 Å². The fraction of sp³-hybridized carbons (Fsp3) is 0.738. The third kappa shape index (κ3) is 22.8. The van der Waals surface area contributed by atoms with E-state index in [2.05, 4.69) is 53.6 Å². The molecule has 0 aromatic heterocycles. The van der Waals surface area contributed by atoms with Gasteiger partial charge in [0.15, 0.2) is 6.04 Å². The Kier molecular flexibility index (Phi) is 26.9. The SMILES string of the molecule is CC[C@H](C)[C@H](NC(=O)CNC(=O)[C@H](C)NC(=O)[C@H](CC(C)C)NC(=O)[C@@H]([NH3+])CCC(=O)O)C(=O)NCC(=O)N[C@@H](C)C(=O)N[C@@H](CC(C)C)C(=O)N[C@H](C(=O)N[C@H](C(=O)O)C(C)C)[C@@H](C)O. The molecule has 10 atom stereocenters. The smallest absolute Gasteiger partial charge is 0.326 e. The van der Waals surface area contributed by atoms with E-state index in [0.29, 0.717) is 6.42 Å². The highest BCUT2D eigenvalue weighted by Gasteiger charge is 2.35. The average molecular weight is 944 g/mol. The zero-order valence-electron chi connectivity index (χ0n) is 40.0. The van der Waals surface area contributed by atoms with Crippen LogP contribution in [0, 0.1) is 23.7 Å². The minimum Gasteiger partial charge on any atom is -0.481 e. The van der Waals surface area contributed by atoms with Crippen molar-refractivity contribution in [1.29, 1.82) is 0 Å². The van der Waals surface area contributed by atoms with E-state index in [1.165, 1.54) is 20.8 Å². The molecule has 66 heavy (non-hydrogen) atoms. The third-order valence-corrected chi connectivity index (χ3v) is 10.2. The first kappa shape index (κ1) is 60.1. The lowest BCUT2D eigenvalue weighted by atomic mass is 9.98. The Morgan fingerprint density at radius 2 is 0.955 bits per heavy atom. The molecular formula is C42H75N10O14+. The topological polar surface area (TPSA) is 384 Å². The maximum atomic E-state index is 13.3. The van der Waals surface area contributed by atoms with E-state index in [-0.39, 0.29) is 37.5 Å². The van der Waals surface area contributed by atoms with Crippen molar-refractivity contribution in [2.45, 2.75) is 163 Å². The van der Waals surface area contributed by atoms with Gasteiger partial charge in [-0.25, -0.2) is 4.79 Å². The molecule has 0 aliphatic rings. The molecule has 0 unspecified atom stereocenters. The van der Waals surface area contributed by atoms with Crippen LogP contribution in [0.15, 0.2) is 0 Å². The molecule has 0 aliphatic heterocycles. The fourth-order valence-corrected chi connectivity index (χ4v) is 6.10. The molecular weight excluding hydrogens is 869 g/mol. The number of rotatable bonds is 30. The zero-order valence-corrected chi connectivity index (χ0v) is 40.0. The number of aliphatic carboxylic acids is 2. The number of amides is 9. The first-order valence-electron chi connectivity index (χ1n) is 22.1. The standard InChI is InChI=1S/C42H74N10O14/c1-12-22(8)33(50-30(55)18-44-35(58)23(9)47-38(61)27(15-19(2)3)49-37(60)26(43)13-14-31(56)57)40(63)45-17-29(54)46-24(10)36(59)48-28(16-20(4)5)39(62)52-34(25(11)53)41(64)51-32(21(6)7)42(65)66/h19-28,32-34,53H,12-18,43H2,1-11H3,(H,44,58)(H,45,63)(H,46,54)(H,47,61)(H,48,59)(H,49,60)(H,50,55)(H,51,64)(H,52,62)(H,56,57)(H,65,66)/p+1/t22-,23-,24-,25+,26-,27-,28-,32-,33-,34-/m0/s1. The number of hydrogen-bond donors (Lipinski definition) is 13. The quantitative estimate of drug-likeness (QED) is 0.0331. The number of carbonyl (C=O) groups excluding carboxylic acids is 9. The van der Waals surface area contributed by atoms with Crippen molar-refractivity contribution in [3.8, 4) is 0 Å². The van der Waals surface area contributed by atoms with Crippen molar-refractivity contribution in [3.63, 3.8) is 0 Å². The van der Waals surface area contributed by atoms with Crippen LogP contribution < -0.4 is 53.6 Å². The molecule has 0 heterocycles. The van der Waals surface area contributed by atoms with Gasteiger partial charge in [-0.15, -0.1) is 0 Å². The fourth-order valence-electron chi connectivity index (χ4n) is 6.10. The summed E-state index contributed by atoms with van der Waals surface area (Å²) in [5.74, 6) is -10.6. The summed E-state index contributed by atoms with van der Waals surface area (Å²) >= 11 is 0. The maximum absolute atomic E-state index is 13.3. The lowest BCUT2D eigenvalue weighted by molar-refractivity contribution is -0.405. The molecule has 9 amide bonds. The summed E-state index contributed by atoms with van der Waals surface area (Å²) in [5, 5.41) is 50.6. The van der Waals surface area contributed by atoms with E-state index in [4.69, 9.17) is 5.11 Å². The highest BCUT2D eigenvalue weighted by Crippen LogP contribution is 2.11. The molecule has 0 rings (SSSR count). The molecule has 0 saturated heterocycles. The van der Waals surface area contributed by atoms with Crippen LogP contribution in [0.3, 0.4) is 0 Å². The summed E-state index contributed by atoms with van der Waals surface area (Å²) in [4.78, 5) is 139. The summed E-state index contributed by atoms with van der Waals surface area (Å²) < 4.78 is 0. The van der Waals surface area contributed by atoms with Gasteiger partial charge in [-0.2, -0.15) is 0 Å². The summed E-state index contributed by atoms with van der Waals surface area (Å²) in [6.45, 7) is 16.4. The van der Waals surface area contributed by atoms with E-state index < -0.39 is 144 Å². The van der Waals surface area contributed by atoms with Crippen LogP contribution in [0.5, 0.6) is 0 Å². The van der Waals surface area contributed by atoms with Crippen molar-refractivity contribution < 1.29 is 73.8 Å². The van der Waals surface area contributed by atoms with Crippen LogP contribution in [-0.4, -0.2) is 148 Å². The number of quaternary nitrogens is 1. The second-order valence-electron chi connectivity index (χ2n) is 17.7. The number of aliphatic hydroxyl groups is 1. The summed E-state index contributed by atoms with van der Waals surface area (Å²) in [6, 6.07) is -9.69. The lowest BCUT2D eigenvalue weighted by Crippen LogP contribution is -2.69. The number of carboxylic acid groups (broad SMARTS) is 2. The Balaban J connectivity index is 5.46. The molecule has 0 saturated carbocycles. The van der Waals surface area contributed by atoms with Crippen LogP contribution in [0.2, 0.25) is 0 Å². The summed E-state index contributed by atoms with van der Waals surface area (Å²) in [5.41, 5.74) is 3.66. The molecule has 0 radical (unpaired) electrons. The lowest BCUT2D eigenvalue weighted by Gasteiger charge is -2.28. The third-order valence-electron chi connectivity index (χ3n) is 10.2. The maximum Gasteiger partial charge on any atom is 0.326 e. The van der Waals surface area contributed by atoms with Crippen molar-refractivity contribution in [3.05, 3.63) is 0 Å². The number of carbonyl (C=O) groups is 11. The highest BCUT2D eigenvalue weighted by molar-refractivity contribution is 5.97. The zero-order chi connectivity index (χ0) is 51.2. The second kappa shape index (κ2) is 29.6. The molecule has 0 fully saturated rings. The number of aliphatic hydroxyl groups excluding tert-OH is 1. The molecule has 0 aromatic carbocycles. The van der Waals surface area contributed by atoms with Crippen LogP contribution in [-0.2, 0) is 52.7 Å². The van der Waals surface area contributed by atoms with Gasteiger partial charge in [0, 0.05) is 6.42 Å². The molecule has 15 N–H and O–H groups in total. The van der Waals surface area contributed by atoms with E-state index in [9.17, 15) is 63.0 Å². The molecule has 24 nitrogen and oxygen atoms in total. The van der Waals surface area contributed by atoms with Crippen molar-refractivity contribution >= 4 is 65.1 Å². The molecule has 24 heteroatoms. The van der Waals surface area contributed by atoms with Gasteiger partial charge in [-0.3, -0.25) is 47.9 Å². The van der Waals surface area contributed by atoms with Crippen LogP contribution in [0.4, 0.5) is 0 Å². The van der Waals surface area contributed by atoms with Gasteiger partial charge >= 0.3 is 11.9 Å². The Morgan fingerprint density at radius 3 is 1.41 bits per heavy atom.